The third-order valence-electron chi connectivity index (χ3n) is 4.19. The van der Waals surface area contributed by atoms with Crippen molar-refractivity contribution in [1.82, 2.24) is 15.2 Å². The van der Waals surface area contributed by atoms with E-state index >= 15 is 0 Å². The number of nitrogens with zero attached hydrogens (tertiary/aromatic N) is 2. The number of aromatic nitrogens is 1. The highest BCUT2D eigenvalue weighted by atomic mass is 16.5. The molecule has 0 aliphatic carbocycles. The van der Waals surface area contributed by atoms with Crippen molar-refractivity contribution in [1.29, 1.82) is 0 Å². The third-order valence-corrected chi connectivity index (χ3v) is 4.19. The summed E-state index contributed by atoms with van der Waals surface area (Å²) in [4.78, 5) is 7.07. The lowest BCUT2D eigenvalue weighted by Gasteiger charge is -2.27. The van der Waals surface area contributed by atoms with E-state index in [1.807, 2.05) is 12.3 Å². The van der Waals surface area contributed by atoms with Crippen molar-refractivity contribution in [2.45, 2.75) is 19.8 Å². The summed E-state index contributed by atoms with van der Waals surface area (Å²) in [6.45, 7) is 8.48. The Bertz CT molecular complexity index is 608. The van der Waals surface area contributed by atoms with Gasteiger partial charge in [-0.15, -0.1) is 0 Å². The van der Waals surface area contributed by atoms with E-state index in [0.29, 0.717) is 0 Å². The maximum absolute atomic E-state index is 5.84. The molecule has 0 saturated carbocycles. The average Bonchev–Trinajstić information content (AvgIpc) is 2.59. The van der Waals surface area contributed by atoms with Gasteiger partial charge in [0.25, 0.3) is 0 Å². The Hall–Kier alpha value is -1.65. The fourth-order valence-electron chi connectivity index (χ4n) is 2.97. The molecule has 0 bridgehead atoms. The van der Waals surface area contributed by atoms with Gasteiger partial charge in [0, 0.05) is 44.3 Å². The van der Waals surface area contributed by atoms with E-state index in [4.69, 9.17) is 4.74 Å². The Morgan fingerprint density at radius 1 is 1.23 bits per heavy atom. The van der Waals surface area contributed by atoms with E-state index in [1.54, 1.807) is 0 Å². The fraction of sp³-hybridized carbons (Fsp3) is 0.500. The first-order valence-corrected chi connectivity index (χ1v) is 8.31. The predicted octanol–water partition coefficient (Wildman–Crippen LogP) is 2.47. The van der Waals surface area contributed by atoms with Gasteiger partial charge in [0.15, 0.2) is 0 Å². The molecule has 1 N–H and O–H groups in total. The first-order valence-electron chi connectivity index (χ1n) is 8.31. The molecule has 2 aromatic rings. The predicted molar refractivity (Wildman–Crippen MR) is 90.5 cm³/mol. The lowest BCUT2D eigenvalue weighted by Crippen LogP contribution is -2.44. The summed E-state index contributed by atoms with van der Waals surface area (Å²) in [5, 5.41) is 4.63. The maximum atomic E-state index is 5.84. The molecule has 0 unspecified atom stereocenters. The molecule has 3 rings (SSSR count). The van der Waals surface area contributed by atoms with Crippen LogP contribution in [0.5, 0.6) is 5.75 Å². The maximum Gasteiger partial charge on any atom is 0.145 e. The van der Waals surface area contributed by atoms with Gasteiger partial charge in [-0.05, 0) is 30.5 Å². The summed E-state index contributed by atoms with van der Waals surface area (Å²) < 4.78 is 5.84. The van der Waals surface area contributed by atoms with Crippen molar-refractivity contribution >= 4 is 10.9 Å². The molecule has 1 aromatic carbocycles. The van der Waals surface area contributed by atoms with Crippen molar-refractivity contribution < 1.29 is 4.74 Å². The quantitative estimate of drug-likeness (QED) is 0.889. The largest absolute Gasteiger partial charge is 0.491 e. The van der Waals surface area contributed by atoms with Gasteiger partial charge in [0.1, 0.15) is 11.3 Å². The summed E-state index contributed by atoms with van der Waals surface area (Å²) in [7, 11) is 0. The zero-order valence-electron chi connectivity index (χ0n) is 13.3. The topological polar surface area (TPSA) is 37.4 Å². The smallest absolute Gasteiger partial charge is 0.145 e. The van der Waals surface area contributed by atoms with Crippen LogP contribution in [0.25, 0.3) is 10.9 Å². The van der Waals surface area contributed by atoms with Crippen LogP contribution in [0.15, 0.2) is 30.5 Å². The van der Waals surface area contributed by atoms with Crippen LogP contribution >= 0.6 is 0 Å². The van der Waals surface area contributed by atoms with Gasteiger partial charge in [-0.2, -0.15) is 0 Å². The standard InChI is InChI=1S/C18H25N3O/c1-2-14-22-17-6-5-15(16-4-3-8-20-18(16)17)7-11-21-12-9-19-10-13-21/h3-6,8,19H,2,7,9-14H2,1H3. The molecule has 0 amide bonds. The van der Waals surface area contributed by atoms with Crippen LogP contribution < -0.4 is 10.1 Å². The summed E-state index contributed by atoms with van der Waals surface area (Å²) in [6.07, 6.45) is 3.93. The lowest BCUT2D eigenvalue weighted by molar-refractivity contribution is 0.244. The number of pyridine rings is 1. The number of nitrogens with one attached hydrogen (secondary N) is 1. The number of hydrogen-bond donors (Lipinski definition) is 1. The second-order valence-corrected chi connectivity index (χ2v) is 5.81. The highest BCUT2D eigenvalue weighted by Crippen LogP contribution is 2.27. The Kier molecular flexibility index (Phi) is 5.24. The average molecular weight is 299 g/mol. The molecule has 1 aliphatic rings. The van der Waals surface area contributed by atoms with Gasteiger partial charge in [0.05, 0.1) is 6.61 Å². The van der Waals surface area contributed by atoms with E-state index in [0.717, 1.165) is 63.4 Å². The van der Waals surface area contributed by atoms with E-state index in [-0.39, 0.29) is 0 Å². The molecule has 1 saturated heterocycles. The number of ether oxygens (including phenoxy) is 1. The molecule has 22 heavy (non-hydrogen) atoms. The minimum atomic E-state index is 0.742. The van der Waals surface area contributed by atoms with E-state index in [1.165, 1.54) is 10.9 Å². The van der Waals surface area contributed by atoms with E-state index in [9.17, 15) is 0 Å². The molecule has 0 atom stereocenters. The van der Waals surface area contributed by atoms with Crippen LogP contribution in [0, 0.1) is 0 Å². The molecule has 1 aromatic heterocycles. The van der Waals surface area contributed by atoms with Crippen LogP contribution in [0.3, 0.4) is 0 Å². The van der Waals surface area contributed by atoms with Crippen molar-refractivity contribution in [3.63, 3.8) is 0 Å². The van der Waals surface area contributed by atoms with Crippen molar-refractivity contribution in [3.8, 4) is 5.75 Å². The van der Waals surface area contributed by atoms with Gasteiger partial charge in [-0.3, -0.25) is 4.98 Å². The Labute approximate surface area is 132 Å². The molecule has 2 heterocycles. The molecule has 0 radical (unpaired) electrons. The minimum absolute atomic E-state index is 0.742. The Morgan fingerprint density at radius 3 is 2.91 bits per heavy atom. The van der Waals surface area contributed by atoms with Gasteiger partial charge < -0.3 is 15.0 Å². The molecule has 1 aliphatic heterocycles. The zero-order valence-corrected chi connectivity index (χ0v) is 13.3. The first-order chi connectivity index (χ1) is 10.9. The molecule has 4 heteroatoms. The number of benzene rings is 1. The van der Waals surface area contributed by atoms with Crippen LogP contribution in [0.4, 0.5) is 0 Å². The van der Waals surface area contributed by atoms with Crippen LogP contribution in [0.1, 0.15) is 18.9 Å². The molecule has 4 nitrogen and oxygen atoms in total. The number of rotatable bonds is 6. The second kappa shape index (κ2) is 7.56. The number of fused-ring (bicyclic) bond motifs is 1. The summed E-state index contributed by atoms with van der Waals surface area (Å²) in [5.41, 5.74) is 2.36. The van der Waals surface area contributed by atoms with Crippen LogP contribution in [-0.4, -0.2) is 49.2 Å². The molecule has 1 fully saturated rings. The van der Waals surface area contributed by atoms with Gasteiger partial charge in [0.2, 0.25) is 0 Å². The molecular formula is C18H25N3O. The van der Waals surface area contributed by atoms with Crippen molar-refractivity contribution in [2.24, 2.45) is 0 Å². The molecule has 0 spiro atoms. The fourth-order valence-corrected chi connectivity index (χ4v) is 2.97. The van der Waals surface area contributed by atoms with Gasteiger partial charge in [-0.1, -0.05) is 19.1 Å². The molecule has 118 valence electrons. The van der Waals surface area contributed by atoms with Gasteiger partial charge >= 0.3 is 0 Å². The monoisotopic (exact) mass is 299 g/mol. The summed E-state index contributed by atoms with van der Waals surface area (Å²) >= 11 is 0. The second-order valence-electron chi connectivity index (χ2n) is 5.81. The number of piperazine rings is 1. The van der Waals surface area contributed by atoms with Gasteiger partial charge in [-0.25, -0.2) is 0 Å². The van der Waals surface area contributed by atoms with E-state index in [2.05, 4.69) is 40.3 Å². The minimum Gasteiger partial charge on any atom is -0.491 e. The van der Waals surface area contributed by atoms with Crippen molar-refractivity contribution in [2.75, 3.05) is 39.3 Å². The SMILES string of the molecule is CCCOc1ccc(CCN2CCNCC2)c2cccnc12. The first kappa shape index (κ1) is 15.3. The van der Waals surface area contributed by atoms with Crippen LogP contribution in [0.2, 0.25) is 0 Å². The highest BCUT2D eigenvalue weighted by molar-refractivity contribution is 5.87. The number of hydrogen-bond acceptors (Lipinski definition) is 4. The molecular weight excluding hydrogens is 274 g/mol. The Balaban J connectivity index is 1.77. The third kappa shape index (κ3) is 3.57. The lowest BCUT2D eigenvalue weighted by atomic mass is 10.0. The highest BCUT2D eigenvalue weighted by Gasteiger charge is 2.12. The zero-order chi connectivity index (χ0) is 15.2. The Morgan fingerprint density at radius 2 is 2.09 bits per heavy atom. The van der Waals surface area contributed by atoms with Crippen LogP contribution in [-0.2, 0) is 6.42 Å². The van der Waals surface area contributed by atoms with Crippen molar-refractivity contribution in [3.05, 3.63) is 36.0 Å². The summed E-state index contributed by atoms with van der Waals surface area (Å²) in [6, 6.07) is 8.46. The summed E-state index contributed by atoms with van der Waals surface area (Å²) in [5.74, 6) is 0.906. The van der Waals surface area contributed by atoms with E-state index < -0.39 is 0 Å². The normalized spacial score (nSPS) is 16.0.